The Balaban J connectivity index is 1.51. The minimum absolute atomic E-state index is 0.165. The molecule has 3 heterocycles. The van der Waals surface area contributed by atoms with Gasteiger partial charge in [-0.3, -0.25) is 9.78 Å². The van der Waals surface area contributed by atoms with E-state index < -0.39 is 11.7 Å². The van der Waals surface area contributed by atoms with Gasteiger partial charge in [-0.2, -0.15) is 0 Å². The number of amides is 1. The number of rotatable bonds is 4. The summed E-state index contributed by atoms with van der Waals surface area (Å²) >= 11 is 0. The highest BCUT2D eigenvalue weighted by molar-refractivity contribution is 6.04. The van der Waals surface area contributed by atoms with Crippen LogP contribution in [-0.2, 0) is 0 Å². The average Bonchev–Trinajstić information content (AvgIpc) is 3.16. The van der Waals surface area contributed by atoms with Crippen LogP contribution >= 0.6 is 0 Å². The SMILES string of the molecule is Cc1ccc(OC2=N[NH2+]N(C)N2)cc1-c1ccc(NC(=O)c2cncc(F)c2C)nc1. The minimum atomic E-state index is -0.531. The van der Waals surface area contributed by atoms with Crippen LogP contribution in [0.1, 0.15) is 21.5 Å². The molecule has 0 aliphatic carbocycles. The van der Waals surface area contributed by atoms with Crippen molar-refractivity contribution in [2.75, 3.05) is 12.4 Å². The molecule has 1 aliphatic rings. The minimum Gasteiger partial charge on any atom is -0.421 e. The van der Waals surface area contributed by atoms with Crippen molar-refractivity contribution in [2.45, 2.75) is 13.8 Å². The number of amidine groups is 1. The number of halogens is 1. The smallest absolute Gasteiger partial charge is 0.366 e. The summed E-state index contributed by atoms with van der Waals surface area (Å²) in [4.78, 5) is 20.5. The lowest BCUT2D eigenvalue weighted by Gasteiger charge is -2.11. The predicted octanol–water partition coefficient (Wildman–Crippen LogP) is 1.73. The van der Waals surface area contributed by atoms with Crippen molar-refractivity contribution in [1.82, 2.24) is 20.5 Å². The lowest BCUT2D eigenvalue weighted by Crippen LogP contribution is -2.86. The highest BCUT2D eigenvalue weighted by Crippen LogP contribution is 2.28. The Kier molecular flexibility index (Phi) is 5.56. The Morgan fingerprint density at radius 2 is 2.03 bits per heavy atom. The largest absolute Gasteiger partial charge is 0.421 e. The lowest BCUT2D eigenvalue weighted by molar-refractivity contribution is -0.803. The summed E-state index contributed by atoms with van der Waals surface area (Å²) in [6, 6.07) is 9.62. The van der Waals surface area contributed by atoms with E-state index in [-0.39, 0.29) is 11.1 Å². The molecule has 1 aromatic carbocycles. The quantitative estimate of drug-likeness (QED) is 0.553. The van der Waals surface area contributed by atoms with Gasteiger partial charge in [0.2, 0.25) is 0 Å². The van der Waals surface area contributed by atoms with E-state index in [1.807, 2.05) is 38.2 Å². The van der Waals surface area contributed by atoms with E-state index in [0.29, 0.717) is 17.6 Å². The molecule has 1 aliphatic heterocycles. The Hall–Kier alpha value is -3.89. The number of benzene rings is 1. The van der Waals surface area contributed by atoms with Gasteiger partial charge in [0, 0.05) is 23.5 Å². The topological polar surface area (TPSA) is 108 Å². The summed E-state index contributed by atoms with van der Waals surface area (Å²) in [6.07, 6.45) is 4.06. The van der Waals surface area contributed by atoms with Crippen LogP contribution in [0.25, 0.3) is 11.1 Å². The van der Waals surface area contributed by atoms with Crippen molar-refractivity contribution >= 4 is 17.7 Å². The van der Waals surface area contributed by atoms with E-state index in [0.717, 1.165) is 22.9 Å². The molecule has 2 aromatic heterocycles. The third kappa shape index (κ3) is 4.49. The second kappa shape index (κ2) is 8.46. The van der Waals surface area contributed by atoms with Gasteiger partial charge >= 0.3 is 6.02 Å². The molecule has 0 unspecified atom stereocenters. The summed E-state index contributed by atoms with van der Waals surface area (Å²) in [5, 5.41) is 8.47. The monoisotopic (exact) mass is 422 g/mol. The number of aryl methyl sites for hydroxylation is 1. The summed E-state index contributed by atoms with van der Waals surface area (Å²) in [6.45, 7) is 3.52. The number of carbonyl (C=O) groups excluding carboxylic acids is 1. The number of hydrogen-bond acceptors (Lipinski definition) is 7. The molecule has 158 valence electrons. The van der Waals surface area contributed by atoms with Gasteiger partial charge in [0.15, 0.2) is 0 Å². The first-order valence-corrected chi connectivity index (χ1v) is 9.48. The van der Waals surface area contributed by atoms with Crippen LogP contribution in [-0.4, -0.2) is 34.1 Å². The van der Waals surface area contributed by atoms with Crippen LogP contribution < -0.4 is 21.0 Å². The molecule has 0 saturated heterocycles. The molecule has 0 radical (unpaired) electrons. The first-order valence-electron chi connectivity index (χ1n) is 9.48. The molecular weight excluding hydrogens is 401 g/mol. The standard InChI is InChI=1S/C21H20FN7O2/c1-12-4-6-15(31-21-26-28-29(3)27-21)8-16(12)14-5-7-19(24-9-14)25-20(30)17-10-23-11-18(22)13(17)2/h4-11,28H,1-3H3,(H,26,27)(H,24,25,30)/p+1. The van der Waals surface area contributed by atoms with E-state index in [1.54, 1.807) is 22.9 Å². The Morgan fingerprint density at radius 3 is 2.74 bits per heavy atom. The van der Waals surface area contributed by atoms with E-state index >= 15 is 0 Å². The first-order chi connectivity index (χ1) is 14.9. The fraction of sp³-hybridized carbons (Fsp3) is 0.143. The number of carbonyl (C=O) groups is 1. The summed E-state index contributed by atoms with van der Waals surface area (Å²) in [7, 11) is 1.82. The molecular formula is C21H21FN7O2+. The Labute approximate surface area is 177 Å². The molecule has 4 rings (SSSR count). The van der Waals surface area contributed by atoms with Gasteiger partial charge in [0.25, 0.3) is 5.91 Å². The number of nitrogens with zero attached hydrogens (tertiary/aromatic N) is 4. The second-order valence-corrected chi connectivity index (χ2v) is 7.03. The van der Waals surface area contributed by atoms with E-state index in [1.165, 1.54) is 13.1 Å². The molecule has 9 nitrogen and oxygen atoms in total. The van der Waals surface area contributed by atoms with Crippen LogP contribution in [0.3, 0.4) is 0 Å². The maximum atomic E-state index is 13.7. The molecule has 31 heavy (non-hydrogen) atoms. The second-order valence-electron chi connectivity index (χ2n) is 7.03. The number of quaternary nitrogens is 1. The first kappa shape index (κ1) is 20.4. The van der Waals surface area contributed by atoms with Gasteiger partial charge in [0.05, 0.1) is 18.8 Å². The van der Waals surface area contributed by atoms with Gasteiger partial charge in [0.1, 0.15) is 17.4 Å². The van der Waals surface area contributed by atoms with Gasteiger partial charge < -0.3 is 10.1 Å². The molecule has 4 N–H and O–H groups in total. The molecule has 0 bridgehead atoms. The third-order valence-corrected chi connectivity index (χ3v) is 4.76. The molecule has 0 saturated carbocycles. The van der Waals surface area contributed by atoms with Crippen molar-refractivity contribution in [3.8, 4) is 16.9 Å². The Morgan fingerprint density at radius 1 is 1.19 bits per heavy atom. The molecule has 0 spiro atoms. The lowest BCUT2D eigenvalue weighted by atomic mass is 10.0. The molecule has 0 atom stereocenters. The van der Waals surface area contributed by atoms with E-state index in [9.17, 15) is 9.18 Å². The number of pyridine rings is 2. The van der Waals surface area contributed by atoms with Crippen molar-refractivity contribution in [1.29, 1.82) is 0 Å². The number of nitrogens with one attached hydrogen (secondary N) is 2. The fourth-order valence-electron chi connectivity index (χ4n) is 3.02. The maximum absolute atomic E-state index is 13.7. The summed E-state index contributed by atoms with van der Waals surface area (Å²) in [5.74, 6) is -0.0210. The fourth-order valence-corrected chi connectivity index (χ4v) is 3.02. The normalized spacial score (nSPS) is 13.5. The van der Waals surface area contributed by atoms with E-state index in [4.69, 9.17) is 4.74 Å². The number of hydrogen-bond donors (Lipinski definition) is 3. The zero-order valence-corrected chi connectivity index (χ0v) is 17.2. The maximum Gasteiger partial charge on any atom is 0.366 e. The summed E-state index contributed by atoms with van der Waals surface area (Å²) < 4.78 is 19.4. The molecule has 1 amide bonds. The number of anilines is 1. The Bertz CT molecular complexity index is 1160. The highest BCUT2D eigenvalue weighted by Gasteiger charge is 2.17. The van der Waals surface area contributed by atoms with Gasteiger partial charge in [-0.1, -0.05) is 6.07 Å². The molecule has 3 aromatic rings. The molecule has 0 fully saturated rings. The summed E-state index contributed by atoms with van der Waals surface area (Å²) in [5.41, 5.74) is 7.79. The van der Waals surface area contributed by atoms with Gasteiger partial charge in [-0.05, 0) is 59.5 Å². The third-order valence-electron chi connectivity index (χ3n) is 4.76. The average molecular weight is 422 g/mol. The number of ether oxygens (including phenoxy) is 1. The number of aromatic nitrogens is 2. The predicted molar refractivity (Wildman–Crippen MR) is 112 cm³/mol. The van der Waals surface area contributed by atoms with Crippen molar-refractivity contribution in [3.63, 3.8) is 0 Å². The van der Waals surface area contributed by atoms with Crippen molar-refractivity contribution in [3.05, 3.63) is 71.4 Å². The van der Waals surface area contributed by atoms with Crippen molar-refractivity contribution < 1.29 is 19.5 Å². The zero-order valence-electron chi connectivity index (χ0n) is 17.2. The van der Waals surface area contributed by atoms with Gasteiger partial charge in [-0.25, -0.2) is 14.8 Å². The van der Waals surface area contributed by atoms with Gasteiger partial charge in [-0.15, -0.1) is 5.53 Å². The van der Waals surface area contributed by atoms with Crippen LogP contribution in [0.2, 0.25) is 0 Å². The zero-order chi connectivity index (χ0) is 22.0. The molecule has 10 heteroatoms. The number of nitrogens with two attached hydrogens (primary N) is 1. The van der Waals surface area contributed by atoms with Crippen LogP contribution in [0.15, 0.2) is 54.0 Å². The van der Waals surface area contributed by atoms with Crippen LogP contribution in [0.4, 0.5) is 10.2 Å². The highest BCUT2D eigenvalue weighted by atomic mass is 19.1. The van der Waals surface area contributed by atoms with Crippen molar-refractivity contribution in [2.24, 2.45) is 5.10 Å². The van der Waals surface area contributed by atoms with E-state index in [2.05, 4.69) is 25.8 Å². The number of hydrazine groups is 1. The van der Waals surface area contributed by atoms with Crippen LogP contribution in [0, 0.1) is 19.7 Å². The van der Waals surface area contributed by atoms with Crippen LogP contribution in [0.5, 0.6) is 5.75 Å².